The minimum Gasteiger partial charge on any atom is -0.334 e. The molecule has 1 aliphatic heterocycles. The summed E-state index contributed by atoms with van der Waals surface area (Å²) in [6, 6.07) is 10.1. The number of nitrogens with zero attached hydrogens (tertiary/aromatic N) is 3. The second-order valence-electron chi connectivity index (χ2n) is 5.37. The average molecular weight is 272 g/mol. The molecule has 0 unspecified atom stereocenters. The molecule has 20 heavy (non-hydrogen) atoms. The molecule has 0 aliphatic carbocycles. The molecule has 2 heterocycles. The van der Waals surface area contributed by atoms with Crippen LogP contribution in [0.5, 0.6) is 0 Å². The molecule has 5 nitrogen and oxygen atoms in total. The first-order valence-corrected chi connectivity index (χ1v) is 7.17. The van der Waals surface area contributed by atoms with Crippen LogP contribution in [0.3, 0.4) is 0 Å². The van der Waals surface area contributed by atoms with Gasteiger partial charge in [-0.25, -0.2) is 0 Å². The van der Waals surface area contributed by atoms with E-state index in [4.69, 9.17) is 10.3 Å². The first kappa shape index (κ1) is 13.3. The van der Waals surface area contributed by atoms with E-state index >= 15 is 0 Å². The van der Waals surface area contributed by atoms with Crippen LogP contribution in [-0.2, 0) is 6.54 Å². The standard InChI is InChI=1S/C15H20N4O/c16-13-8-4-5-9-19(10-13)11-14-17-15(20-18-14)12-6-2-1-3-7-12/h1-3,6-7,13H,4-5,8-11,16H2/t13-/m0/s1. The summed E-state index contributed by atoms with van der Waals surface area (Å²) in [7, 11) is 0. The Labute approximate surface area is 118 Å². The molecule has 3 rings (SSSR count). The number of hydrogen-bond acceptors (Lipinski definition) is 5. The van der Waals surface area contributed by atoms with Gasteiger partial charge >= 0.3 is 0 Å². The lowest BCUT2D eigenvalue weighted by Gasteiger charge is -2.20. The van der Waals surface area contributed by atoms with E-state index < -0.39 is 0 Å². The van der Waals surface area contributed by atoms with Gasteiger partial charge in [-0.2, -0.15) is 4.98 Å². The third-order valence-electron chi connectivity index (χ3n) is 3.65. The zero-order valence-electron chi connectivity index (χ0n) is 11.5. The van der Waals surface area contributed by atoms with Crippen molar-refractivity contribution in [2.45, 2.75) is 31.8 Å². The molecular weight excluding hydrogens is 252 g/mol. The average Bonchev–Trinajstić information content (AvgIpc) is 2.83. The lowest BCUT2D eigenvalue weighted by molar-refractivity contribution is 0.254. The van der Waals surface area contributed by atoms with E-state index in [2.05, 4.69) is 15.0 Å². The first-order chi connectivity index (χ1) is 9.81. The molecule has 0 saturated carbocycles. The van der Waals surface area contributed by atoms with E-state index in [0.717, 1.165) is 30.9 Å². The summed E-state index contributed by atoms with van der Waals surface area (Å²) < 4.78 is 5.33. The maximum atomic E-state index is 6.07. The Balaban J connectivity index is 1.68. The Hall–Kier alpha value is -1.72. The van der Waals surface area contributed by atoms with E-state index in [-0.39, 0.29) is 6.04 Å². The van der Waals surface area contributed by atoms with Crippen LogP contribution in [0.1, 0.15) is 25.1 Å². The molecular formula is C15H20N4O. The highest BCUT2D eigenvalue weighted by atomic mass is 16.5. The lowest BCUT2D eigenvalue weighted by atomic mass is 10.2. The van der Waals surface area contributed by atoms with Gasteiger partial charge in [-0.1, -0.05) is 29.8 Å². The molecule has 106 valence electrons. The van der Waals surface area contributed by atoms with E-state index in [9.17, 15) is 0 Å². The van der Waals surface area contributed by atoms with Gasteiger partial charge in [-0.05, 0) is 31.5 Å². The first-order valence-electron chi connectivity index (χ1n) is 7.17. The maximum Gasteiger partial charge on any atom is 0.257 e. The highest BCUT2D eigenvalue weighted by Gasteiger charge is 2.17. The van der Waals surface area contributed by atoms with Crippen molar-refractivity contribution in [3.05, 3.63) is 36.2 Å². The molecule has 1 atom stereocenters. The summed E-state index contributed by atoms with van der Waals surface area (Å²) in [6.45, 7) is 2.68. The predicted octanol–water partition coefficient (Wildman–Crippen LogP) is 2.05. The fraction of sp³-hybridized carbons (Fsp3) is 0.467. The number of rotatable bonds is 3. The fourth-order valence-electron chi connectivity index (χ4n) is 2.62. The Morgan fingerprint density at radius 3 is 2.95 bits per heavy atom. The van der Waals surface area contributed by atoms with Crippen molar-refractivity contribution >= 4 is 0 Å². The normalized spacial score (nSPS) is 20.8. The predicted molar refractivity (Wildman–Crippen MR) is 76.8 cm³/mol. The maximum absolute atomic E-state index is 6.07. The van der Waals surface area contributed by atoms with Crippen molar-refractivity contribution in [1.82, 2.24) is 15.0 Å². The number of hydrogen-bond donors (Lipinski definition) is 1. The Kier molecular flexibility index (Phi) is 4.08. The number of benzene rings is 1. The van der Waals surface area contributed by atoms with Gasteiger partial charge in [0.1, 0.15) is 0 Å². The van der Waals surface area contributed by atoms with Gasteiger partial charge in [0.25, 0.3) is 5.89 Å². The van der Waals surface area contributed by atoms with Crippen molar-refractivity contribution in [1.29, 1.82) is 0 Å². The smallest absolute Gasteiger partial charge is 0.257 e. The summed E-state index contributed by atoms with van der Waals surface area (Å²) in [5.41, 5.74) is 7.03. The molecule has 1 aliphatic rings. The van der Waals surface area contributed by atoms with Crippen LogP contribution in [0.25, 0.3) is 11.5 Å². The van der Waals surface area contributed by atoms with E-state index in [0.29, 0.717) is 12.4 Å². The molecule has 1 fully saturated rings. The second kappa shape index (κ2) is 6.15. The van der Waals surface area contributed by atoms with E-state index in [1.54, 1.807) is 0 Å². The second-order valence-corrected chi connectivity index (χ2v) is 5.37. The number of aromatic nitrogens is 2. The van der Waals surface area contributed by atoms with Crippen LogP contribution in [0.2, 0.25) is 0 Å². The highest BCUT2D eigenvalue weighted by Crippen LogP contribution is 2.17. The van der Waals surface area contributed by atoms with Crippen molar-refractivity contribution < 1.29 is 4.52 Å². The summed E-state index contributed by atoms with van der Waals surface area (Å²) in [6.07, 6.45) is 3.51. The Morgan fingerprint density at radius 2 is 2.10 bits per heavy atom. The van der Waals surface area contributed by atoms with Gasteiger partial charge in [0.2, 0.25) is 0 Å². The van der Waals surface area contributed by atoms with Crippen LogP contribution < -0.4 is 5.73 Å². The minimum absolute atomic E-state index is 0.262. The van der Waals surface area contributed by atoms with Crippen molar-refractivity contribution in [3.8, 4) is 11.5 Å². The number of nitrogens with two attached hydrogens (primary N) is 1. The SMILES string of the molecule is N[C@H]1CCCCN(Cc2noc(-c3ccccc3)n2)C1. The summed E-state index contributed by atoms with van der Waals surface area (Å²) in [5, 5.41) is 4.07. The van der Waals surface area contributed by atoms with Gasteiger partial charge in [0.15, 0.2) is 5.82 Å². The molecule has 2 N–H and O–H groups in total. The molecule has 1 aromatic heterocycles. The molecule has 0 bridgehead atoms. The van der Waals surface area contributed by atoms with Crippen LogP contribution in [0.15, 0.2) is 34.9 Å². The highest BCUT2D eigenvalue weighted by molar-refractivity contribution is 5.51. The number of likely N-dealkylation sites (tertiary alicyclic amines) is 1. The largest absolute Gasteiger partial charge is 0.334 e. The Morgan fingerprint density at radius 1 is 1.25 bits per heavy atom. The summed E-state index contributed by atoms with van der Waals surface area (Å²) in [5.74, 6) is 1.32. The molecule has 5 heteroatoms. The zero-order chi connectivity index (χ0) is 13.8. The third-order valence-corrected chi connectivity index (χ3v) is 3.65. The zero-order valence-corrected chi connectivity index (χ0v) is 11.5. The van der Waals surface area contributed by atoms with Gasteiger partial charge < -0.3 is 10.3 Å². The summed E-state index contributed by atoms with van der Waals surface area (Å²) in [4.78, 5) is 6.79. The molecule has 0 radical (unpaired) electrons. The minimum atomic E-state index is 0.262. The topological polar surface area (TPSA) is 68.2 Å². The fourth-order valence-corrected chi connectivity index (χ4v) is 2.62. The van der Waals surface area contributed by atoms with Gasteiger partial charge in [-0.15, -0.1) is 0 Å². The third kappa shape index (κ3) is 3.23. The molecule has 0 amide bonds. The van der Waals surface area contributed by atoms with Crippen LogP contribution in [-0.4, -0.2) is 34.2 Å². The van der Waals surface area contributed by atoms with Crippen LogP contribution in [0, 0.1) is 0 Å². The van der Waals surface area contributed by atoms with Gasteiger partial charge in [0, 0.05) is 18.2 Å². The Bertz CT molecular complexity index is 540. The monoisotopic (exact) mass is 272 g/mol. The van der Waals surface area contributed by atoms with E-state index in [1.165, 1.54) is 12.8 Å². The van der Waals surface area contributed by atoms with Crippen LogP contribution in [0.4, 0.5) is 0 Å². The summed E-state index contributed by atoms with van der Waals surface area (Å²) >= 11 is 0. The van der Waals surface area contributed by atoms with E-state index in [1.807, 2.05) is 30.3 Å². The molecule has 2 aromatic rings. The van der Waals surface area contributed by atoms with Crippen molar-refractivity contribution in [3.63, 3.8) is 0 Å². The molecule has 0 spiro atoms. The lowest BCUT2D eigenvalue weighted by Crippen LogP contribution is -2.35. The molecule has 1 saturated heterocycles. The van der Waals surface area contributed by atoms with Crippen molar-refractivity contribution in [2.75, 3.05) is 13.1 Å². The van der Waals surface area contributed by atoms with Gasteiger partial charge in [-0.3, -0.25) is 4.90 Å². The van der Waals surface area contributed by atoms with Crippen molar-refractivity contribution in [2.24, 2.45) is 5.73 Å². The molecule has 1 aromatic carbocycles. The quantitative estimate of drug-likeness (QED) is 0.926. The van der Waals surface area contributed by atoms with Crippen LogP contribution >= 0.6 is 0 Å². The van der Waals surface area contributed by atoms with Gasteiger partial charge in [0.05, 0.1) is 6.54 Å².